The maximum absolute atomic E-state index is 9.65. The first-order valence-electron chi connectivity index (χ1n) is 6.91. The average molecular weight is 347 g/mol. The lowest BCUT2D eigenvalue weighted by Crippen LogP contribution is -2.38. The van der Waals surface area contributed by atoms with Gasteiger partial charge in [-0.15, -0.1) is 0 Å². The minimum absolute atomic E-state index is 0.0947. The van der Waals surface area contributed by atoms with Crippen LogP contribution in [-0.2, 0) is 6.54 Å². The van der Waals surface area contributed by atoms with Crippen molar-refractivity contribution in [1.82, 2.24) is 5.32 Å². The minimum Gasteiger partial charge on any atom is -0.396 e. The van der Waals surface area contributed by atoms with E-state index >= 15 is 0 Å². The molecular formula is C15H21BrClNO. The topological polar surface area (TPSA) is 32.3 Å². The molecule has 0 amide bonds. The van der Waals surface area contributed by atoms with Gasteiger partial charge in [0.1, 0.15) is 0 Å². The SMILES string of the molecule is OCC1(CNCc2ccc(Br)c(Cl)c2)CCCCC1. The van der Waals surface area contributed by atoms with Gasteiger partial charge in [-0.3, -0.25) is 0 Å². The number of nitrogens with one attached hydrogen (secondary N) is 1. The second kappa shape index (κ2) is 7.07. The van der Waals surface area contributed by atoms with Gasteiger partial charge in [0.15, 0.2) is 0 Å². The number of aliphatic hydroxyl groups is 1. The highest BCUT2D eigenvalue weighted by Gasteiger charge is 2.30. The number of hydrogen-bond donors (Lipinski definition) is 2. The van der Waals surface area contributed by atoms with Crippen molar-refractivity contribution in [3.05, 3.63) is 33.3 Å². The van der Waals surface area contributed by atoms with Crippen molar-refractivity contribution in [3.63, 3.8) is 0 Å². The van der Waals surface area contributed by atoms with E-state index in [1.165, 1.54) is 24.8 Å². The average Bonchev–Trinajstić information content (AvgIpc) is 2.44. The van der Waals surface area contributed by atoms with Crippen molar-refractivity contribution < 1.29 is 5.11 Å². The molecule has 1 aliphatic rings. The molecule has 2 nitrogen and oxygen atoms in total. The fraction of sp³-hybridized carbons (Fsp3) is 0.600. The van der Waals surface area contributed by atoms with E-state index in [0.717, 1.165) is 35.4 Å². The second-order valence-electron chi connectivity index (χ2n) is 5.57. The van der Waals surface area contributed by atoms with Crippen LogP contribution >= 0.6 is 27.5 Å². The van der Waals surface area contributed by atoms with Gasteiger partial charge in [-0.05, 0) is 46.5 Å². The Hall–Kier alpha value is -0.0900. The van der Waals surface area contributed by atoms with Crippen molar-refractivity contribution in [3.8, 4) is 0 Å². The van der Waals surface area contributed by atoms with Gasteiger partial charge < -0.3 is 10.4 Å². The van der Waals surface area contributed by atoms with Crippen LogP contribution in [0.15, 0.2) is 22.7 Å². The van der Waals surface area contributed by atoms with Gasteiger partial charge in [-0.1, -0.05) is 36.9 Å². The van der Waals surface area contributed by atoms with E-state index in [2.05, 4.69) is 27.3 Å². The summed E-state index contributed by atoms with van der Waals surface area (Å²) in [6, 6.07) is 6.02. The zero-order chi connectivity index (χ0) is 13.7. The Morgan fingerprint density at radius 3 is 2.63 bits per heavy atom. The molecule has 0 aliphatic heterocycles. The molecule has 4 heteroatoms. The van der Waals surface area contributed by atoms with E-state index in [0.29, 0.717) is 6.61 Å². The third-order valence-corrected chi connectivity index (χ3v) is 5.30. The van der Waals surface area contributed by atoms with Crippen LogP contribution in [-0.4, -0.2) is 18.3 Å². The summed E-state index contributed by atoms with van der Waals surface area (Å²) >= 11 is 9.48. The molecule has 0 bridgehead atoms. The number of rotatable bonds is 5. The molecule has 0 unspecified atom stereocenters. The summed E-state index contributed by atoms with van der Waals surface area (Å²) in [6.07, 6.45) is 6.07. The molecule has 0 heterocycles. The molecule has 0 aromatic heterocycles. The predicted octanol–water partition coefficient (Wildman–Crippen LogP) is 4.13. The molecule has 1 fully saturated rings. The lowest BCUT2D eigenvalue weighted by molar-refractivity contribution is 0.0810. The van der Waals surface area contributed by atoms with E-state index in [9.17, 15) is 5.11 Å². The summed E-state index contributed by atoms with van der Waals surface area (Å²) in [5.74, 6) is 0. The van der Waals surface area contributed by atoms with Gasteiger partial charge >= 0.3 is 0 Å². The molecule has 0 saturated heterocycles. The predicted molar refractivity (Wildman–Crippen MR) is 83.5 cm³/mol. The van der Waals surface area contributed by atoms with Crippen LogP contribution in [0.5, 0.6) is 0 Å². The Bertz CT molecular complexity index is 419. The lowest BCUT2D eigenvalue weighted by Gasteiger charge is -2.35. The van der Waals surface area contributed by atoms with E-state index < -0.39 is 0 Å². The molecule has 2 N–H and O–H groups in total. The quantitative estimate of drug-likeness (QED) is 0.840. The van der Waals surface area contributed by atoms with Crippen molar-refractivity contribution in [2.45, 2.75) is 38.6 Å². The highest BCUT2D eigenvalue weighted by molar-refractivity contribution is 9.10. The standard InChI is InChI=1S/C15H21BrClNO/c16-13-5-4-12(8-14(13)17)9-18-10-15(11-19)6-2-1-3-7-15/h4-5,8,18-19H,1-3,6-7,9-11H2. The number of benzene rings is 1. The summed E-state index contributed by atoms with van der Waals surface area (Å²) in [7, 11) is 0. The van der Waals surface area contributed by atoms with Gasteiger partial charge in [0, 0.05) is 29.6 Å². The fourth-order valence-electron chi connectivity index (χ4n) is 2.81. The first-order chi connectivity index (χ1) is 9.15. The van der Waals surface area contributed by atoms with Crippen LogP contribution in [0.4, 0.5) is 0 Å². The van der Waals surface area contributed by atoms with Crippen molar-refractivity contribution in [2.75, 3.05) is 13.2 Å². The molecular weight excluding hydrogens is 326 g/mol. The second-order valence-corrected chi connectivity index (χ2v) is 6.83. The van der Waals surface area contributed by atoms with Crippen LogP contribution < -0.4 is 5.32 Å². The van der Waals surface area contributed by atoms with E-state index in [1.54, 1.807) is 0 Å². The smallest absolute Gasteiger partial charge is 0.0551 e. The molecule has 0 atom stereocenters. The van der Waals surface area contributed by atoms with Crippen LogP contribution in [0.3, 0.4) is 0 Å². The summed E-state index contributed by atoms with van der Waals surface area (Å²) in [5, 5.41) is 13.9. The Morgan fingerprint density at radius 2 is 2.00 bits per heavy atom. The van der Waals surface area contributed by atoms with Gasteiger partial charge in [0.25, 0.3) is 0 Å². The summed E-state index contributed by atoms with van der Waals surface area (Å²) in [4.78, 5) is 0. The lowest BCUT2D eigenvalue weighted by atomic mass is 9.74. The number of aliphatic hydroxyl groups excluding tert-OH is 1. The molecule has 2 rings (SSSR count). The molecule has 1 saturated carbocycles. The van der Waals surface area contributed by atoms with E-state index in [4.69, 9.17) is 11.6 Å². The van der Waals surface area contributed by atoms with Crippen molar-refractivity contribution in [2.24, 2.45) is 5.41 Å². The summed E-state index contributed by atoms with van der Waals surface area (Å²) < 4.78 is 0.928. The Labute approximate surface area is 128 Å². The van der Waals surface area contributed by atoms with Crippen LogP contribution in [0.1, 0.15) is 37.7 Å². The normalized spacial score (nSPS) is 18.5. The van der Waals surface area contributed by atoms with Crippen LogP contribution in [0, 0.1) is 5.41 Å². The number of halogens is 2. The van der Waals surface area contributed by atoms with Crippen LogP contribution in [0.2, 0.25) is 5.02 Å². The number of hydrogen-bond acceptors (Lipinski definition) is 2. The molecule has 0 radical (unpaired) electrons. The maximum atomic E-state index is 9.65. The molecule has 1 aromatic carbocycles. The monoisotopic (exact) mass is 345 g/mol. The first kappa shape index (κ1) is 15.3. The molecule has 106 valence electrons. The maximum Gasteiger partial charge on any atom is 0.0551 e. The van der Waals surface area contributed by atoms with Gasteiger partial charge in [-0.2, -0.15) is 0 Å². The zero-order valence-corrected chi connectivity index (χ0v) is 13.4. The third-order valence-electron chi connectivity index (χ3n) is 4.06. The largest absolute Gasteiger partial charge is 0.396 e. The first-order valence-corrected chi connectivity index (χ1v) is 8.08. The van der Waals surface area contributed by atoms with Gasteiger partial charge in [0.2, 0.25) is 0 Å². The summed E-state index contributed by atoms with van der Waals surface area (Å²) in [5.41, 5.74) is 1.27. The highest BCUT2D eigenvalue weighted by Crippen LogP contribution is 2.35. The van der Waals surface area contributed by atoms with Gasteiger partial charge in [-0.25, -0.2) is 0 Å². The molecule has 1 aromatic rings. The Kier molecular flexibility index (Phi) is 5.70. The fourth-order valence-corrected chi connectivity index (χ4v) is 3.26. The van der Waals surface area contributed by atoms with Crippen LogP contribution in [0.25, 0.3) is 0 Å². The minimum atomic E-state index is 0.0947. The zero-order valence-electron chi connectivity index (χ0n) is 11.1. The molecule has 0 spiro atoms. The molecule has 1 aliphatic carbocycles. The Balaban J connectivity index is 1.86. The summed E-state index contributed by atoms with van der Waals surface area (Å²) in [6.45, 7) is 1.98. The van der Waals surface area contributed by atoms with Crippen molar-refractivity contribution in [1.29, 1.82) is 0 Å². The van der Waals surface area contributed by atoms with E-state index in [1.807, 2.05) is 12.1 Å². The van der Waals surface area contributed by atoms with E-state index in [-0.39, 0.29) is 5.41 Å². The van der Waals surface area contributed by atoms with Crippen molar-refractivity contribution >= 4 is 27.5 Å². The highest BCUT2D eigenvalue weighted by atomic mass is 79.9. The third kappa shape index (κ3) is 4.19. The Morgan fingerprint density at radius 1 is 1.26 bits per heavy atom. The van der Waals surface area contributed by atoms with Gasteiger partial charge in [0.05, 0.1) is 5.02 Å². The molecule has 19 heavy (non-hydrogen) atoms.